The van der Waals surface area contributed by atoms with Crippen LogP contribution in [0.4, 0.5) is 5.69 Å². The third kappa shape index (κ3) is 2.61. The number of phenolic OH excluding ortho intramolecular Hbond substituents is 1. The first-order chi connectivity index (χ1) is 11.6. The quantitative estimate of drug-likeness (QED) is 0.748. The van der Waals surface area contributed by atoms with Crippen LogP contribution in [0.15, 0.2) is 48.5 Å². The van der Waals surface area contributed by atoms with E-state index in [2.05, 4.69) is 10.2 Å². The number of benzene rings is 2. The summed E-state index contributed by atoms with van der Waals surface area (Å²) in [5.41, 5.74) is 1.67. The van der Waals surface area contributed by atoms with E-state index in [0.29, 0.717) is 11.3 Å². The maximum atomic E-state index is 12.3. The SMILES string of the molecule is CC1CN(Cc2cc3c(O)cccc3s2)c2ccccc2C(=O)N1. The Morgan fingerprint density at radius 3 is 2.92 bits per heavy atom. The summed E-state index contributed by atoms with van der Waals surface area (Å²) < 4.78 is 1.08. The summed E-state index contributed by atoms with van der Waals surface area (Å²) >= 11 is 1.68. The number of carbonyl (C=O) groups is 1. The fourth-order valence-electron chi connectivity index (χ4n) is 3.23. The number of aromatic hydroxyl groups is 1. The minimum Gasteiger partial charge on any atom is -0.507 e. The van der Waals surface area contributed by atoms with Crippen molar-refractivity contribution in [2.24, 2.45) is 0 Å². The van der Waals surface area contributed by atoms with Crippen molar-refractivity contribution in [1.29, 1.82) is 0 Å². The molecule has 0 saturated carbocycles. The molecule has 1 amide bonds. The molecule has 122 valence electrons. The summed E-state index contributed by atoms with van der Waals surface area (Å²) in [5, 5.41) is 13.9. The predicted molar refractivity (Wildman–Crippen MR) is 97.9 cm³/mol. The van der Waals surface area contributed by atoms with E-state index in [4.69, 9.17) is 0 Å². The van der Waals surface area contributed by atoms with Crippen LogP contribution in [0.2, 0.25) is 0 Å². The van der Waals surface area contributed by atoms with Crippen molar-refractivity contribution in [2.45, 2.75) is 19.5 Å². The highest BCUT2D eigenvalue weighted by Gasteiger charge is 2.24. The standard InChI is InChI=1S/C19H18N2O2S/c1-12-10-21(16-6-3-2-5-14(16)19(23)20-12)11-13-9-15-17(22)7-4-8-18(15)24-13/h2-9,12,22H,10-11H2,1H3,(H,20,23). The molecule has 0 aliphatic carbocycles. The molecule has 4 rings (SSSR count). The van der Waals surface area contributed by atoms with Gasteiger partial charge in [0.15, 0.2) is 0 Å². The molecule has 4 nitrogen and oxygen atoms in total. The second-order valence-corrected chi connectivity index (χ2v) is 7.34. The van der Waals surface area contributed by atoms with Gasteiger partial charge < -0.3 is 15.3 Å². The Balaban J connectivity index is 1.73. The van der Waals surface area contributed by atoms with Gasteiger partial charge in [-0.25, -0.2) is 0 Å². The van der Waals surface area contributed by atoms with Crippen LogP contribution in [0.5, 0.6) is 5.75 Å². The fourth-order valence-corrected chi connectivity index (χ4v) is 4.33. The lowest BCUT2D eigenvalue weighted by Gasteiger charge is -2.25. The van der Waals surface area contributed by atoms with E-state index < -0.39 is 0 Å². The lowest BCUT2D eigenvalue weighted by Crippen LogP contribution is -2.37. The van der Waals surface area contributed by atoms with Gasteiger partial charge in [0.2, 0.25) is 0 Å². The smallest absolute Gasteiger partial charge is 0.253 e. The number of carbonyl (C=O) groups excluding carboxylic acids is 1. The Labute approximate surface area is 144 Å². The van der Waals surface area contributed by atoms with Gasteiger partial charge in [-0.05, 0) is 37.3 Å². The molecule has 3 aromatic rings. The Kier molecular flexibility index (Phi) is 3.65. The first-order valence-electron chi connectivity index (χ1n) is 7.97. The lowest BCUT2D eigenvalue weighted by atomic mass is 10.1. The summed E-state index contributed by atoms with van der Waals surface area (Å²) in [5.74, 6) is 0.297. The van der Waals surface area contributed by atoms with Crippen LogP contribution in [0, 0.1) is 0 Å². The molecule has 1 unspecified atom stereocenters. The molecule has 1 aromatic heterocycles. The van der Waals surface area contributed by atoms with Crippen molar-refractivity contribution in [3.8, 4) is 5.75 Å². The molecule has 2 N–H and O–H groups in total. The number of amides is 1. The number of anilines is 1. The van der Waals surface area contributed by atoms with E-state index in [0.717, 1.165) is 28.9 Å². The molecule has 0 radical (unpaired) electrons. The lowest BCUT2D eigenvalue weighted by molar-refractivity contribution is 0.0945. The van der Waals surface area contributed by atoms with Crippen molar-refractivity contribution >= 4 is 33.0 Å². The van der Waals surface area contributed by atoms with Crippen LogP contribution >= 0.6 is 11.3 Å². The summed E-state index contributed by atoms with van der Waals surface area (Å²) in [6.07, 6.45) is 0. The minimum atomic E-state index is -0.0189. The van der Waals surface area contributed by atoms with Gasteiger partial charge in [0.1, 0.15) is 5.75 Å². The number of thiophene rings is 1. The predicted octanol–water partition coefficient (Wildman–Crippen LogP) is 3.75. The molecule has 0 bridgehead atoms. The Bertz CT molecular complexity index is 919. The zero-order valence-electron chi connectivity index (χ0n) is 13.3. The summed E-state index contributed by atoms with van der Waals surface area (Å²) in [6, 6.07) is 15.4. The first kappa shape index (κ1) is 15.0. The van der Waals surface area contributed by atoms with Gasteiger partial charge in [0.05, 0.1) is 12.1 Å². The number of nitrogens with one attached hydrogen (secondary N) is 1. The normalized spacial score (nSPS) is 17.5. The highest BCUT2D eigenvalue weighted by Crippen LogP contribution is 2.34. The highest BCUT2D eigenvalue weighted by atomic mass is 32.1. The van der Waals surface area contributed by atoms with E-state index in [9.17, 15) is 9.90 Å². The van der Waals surface area contributed by atoms with Gasteiger partial charge >= 0.3 is 0 Å². The number of para-hydroxylation sites is 1. The number of rotatable bonds is 2. The second kappa shape index (κ2) is 5.83. The third-order valence-electron chi connectivity index (χ3n) is 4.30. The van der Waals surface area contributed by atoms with Gasteiger partial charge in [-0.1, -0.05) is 18.2 Å². The Hall–Kier alpha value is -2.53. The van der Waals surface area contributed by atoms with Gasteiger partial charge in [-0.15, -0.1) is 11.3 Å². The van der Waals surface area contributed by atoms with Crippen molar-refractivity contribution in [1.82, 2.24) is 5.32 Å². The van der Waals surface area contributed by atoms with Gasteiger partial charge in [-0.2, -0.15) is 0 Å². The van der Waals surface area contributed by atoms with E-state index in [-0.39, 0.29) is 11.9 Å². The molecule has 0 spiro atoms. The van der Waals surface area contributed by atoms with Crippen molar-refractivity contribution in [3.63, 3.8) is 0 Å². The van der Waals surface area contributed by atoms with Crippen LogP contribution in [0.3, 0.4) is 0 Å². The zero-order chi connectivity index (χ0) is 16.7. The third-order valence-corrected chi connectivity index (χ3v) is 5.38. The van der Waals surface area contributed by atoms with Crippen molar-refractivity contribution < 1.29 is 9.90 Å². The molecule has 0 saturated heterocycles. The molecule has 0 fully saturated rings. The second-order valence-electron chi connectivity index (χ2n) is 6.17. The number of hydrogen-bond acceptors (Lipinski definition) is 4. The number of fused-ring (bicyclic) bond motifs is 2. The topological polar surface area (TPSA) is 52.6 Å². The molecule has 2 aromatic carbocycles. The Morgan fingerprint density at radius 1 is 1.25 bits per heavy atom. The largest absolute Gasteiger partial charge is 0.507 e. The van der Waals surface area contributed by atoms with Crippen LogP contribution in [-0.2, 0) is 6.54 Å². The average molecular weight is 338 g/mol. The van der Waals surface area contributed by atoms with E-state index >= 15 is 0 Å². The maximum Gasteiger partial charge on any atom is 0.253 e. The van der Waals surface area contributed by atoms with Gasteiger partial charge in [0.25, 0.3) is 5.91 Å². The molecular weight excluding hydrogens is 320 g/mol. The number of hydrogen-bond donors (Lipinski definition) is 2. The van der Waals surface area contributed by atoms with E-state index in [1.807, 2.05) is 49.4 Å². The van der Waals surface area contributed by atoms with Crippen molar-refractivity contribution in [2.75, 3.05) is 11.4 Å². The summed E-state index contributed by atoms with van der Waals surface area (Å²) in [7, 11) is 0. The molecular formula is C19H18N2O2S. The fraction of sp³-hybridized carbons (Fsp3) is 0.211. The van der Waals surface area contributed by atoms with E-state index in [1.165, 1.54) is 4.88 Å². The van der Waals surface area contributed by atoms with Gasteiger partial charge in [-0.3, -0.25) is 4.79 Å². The number of phenols is 1. The minimum absolute atomic E-state index is 0.0189. The highest BCUT2D eigenvalue weighted by molar-refractivity contribution is 7.19. The molecule has 24 heavy (non-hydrogen) atoms. The molecule has 5 heteroatoms. The van der Waals surface area contributed by atoms with Crippen LogP contribution < -0.4 is 10.2 Å². The van der Waals surface area contributed by atoms with Crippen LogP contribution in [-0.4, -0.2) is 23.6 Å². The Morgan fingerprint density at radius 2 is 2.08 bits per heavy atom. The molecule has 1 atom stereocenters. The molecule has 2 heterocycles. The maximum absolute atomic E-state index is 12.3. The monoisotopic (exact) mass is 338 g/mol. The number of nitrogens with zero attached hydrogens (tertiary/aromatic N) is 1. The van der Waals surface area contributed by atoms with Crippen LogP contribution in [0.1, 0.15) is 22.2 Å². The summed E-state index contributed by atoms with van der Waals surface area (Å²) in [6.45, 7) is 3.49. The first-order valence-corrected chi connectivity index (χ1v) is 8.79. The zero-order valence-corrected chi connectivity index (χ0v) is 14.1. The van der Waals surface area contributed by atoms with E-state index in [1.54, 1.807) is 17.4 Å². The average Bonchev–Trinajstić information content (AvgIpc) is 2.93. The van der Waals surface area contributed by atoms with Crippen LogP contribution in [0.25, 0.3) is 10.1 Å². The summed E-state index contributed by atoms with van der Waals surface area (Å²) in [4.78, 5) is 15.7. The van der Waals surface area contributed by atoms with Crippen molar-refractivity contribution in [3.05, 3.63) is 59.0 Å². The molecule has 1 aliphatic rings. The van der Waals surface area contributed by atoms with Gasteiger partial charge in [0, 0.05) is 33.2 Å². The molecule has 1 aliphatic heterocycles.